The van der Waals surface area contributed by atoms with Gasteiger partial charge in [0.1, 0.15) is 5.75 Å². The first-order valence-corrected chi connectivity index (χ1v) is 8.49. The van der Waals surface area contributed by atoms with Crippen molar-refractivity contribution in [3.63, 3.8) is 0 Å². The van der Waals surface area contributed by atoms with Gasteiger partial charge >= 0.3 is 6.61 Å². The molecule has 0 aliphatic rings. The molecule has 0 unspecified atom stereocenters. The average Bonchev–Trinajstić information content (AvgIpc) is 2.50. The number of carboxylic acids is 1. The first-order valence-electron chi connectivity index (χ1n) is 7.01. The average molecular weight is 370 g/mol. The summed E-state index contributed by atoms with van der Waals surface area (Å²) in [4.78, 5) is 10.8. The number of nitrogens with one attached hydrogen (secondary N) is 1. The standard InChI is InChI=1S/C16H15F2NO5S/c1-9-7-11(15(20)21)8-14(10(9)2)25(22,23)19-12-5-3-4-6-13(12)24-16(17)18/h3-8,16,19H,1-2H3,(H,20,21)/p-1. The molecule has 0 radical (unpaired) electrons. The van der Waals surface area contributed by atoms with Gasteiger partial charge in [-0.3, -0.25) is 4.72 Å². The molecule has 1 N–H and O–H groups in total. The van der Waals surface area contributed by atoms with E-state index in [9.17, 15) is 27.1 Å². The maximum Gasteiger partial charge on any atom is 0.387 e. The first kappa shape index (κ1) is 18.7. The van der Waals surface area contributed by atoms with E-state index in [1.54, 1.807) is 6.92 Å². The predicted molar refractivity (Wildman–Crippen MR) is 84.1 cm³/mol. The van der Waals surface area contributed by atoms with Crippen LogP contribution in [0.4, 0.5) is 14.5 Å². The van der Waals surface area contributed by atoms with Gasteiger partial charge in [-0.15, -0.1) is 0 Å². The summed E-state index contributed by atoms with van der Waals surface area (Å²) >= 11 is 0. The van der Waals surface area contributed by atoms with Crippen molar-refractivity contribution in [2.45, 2.75) is 25.4 Å². The molecule has 0 bridgehead atoms. The van der Waals surface area contributed by atoms with Crippen LogP contribution in [0.25, 0.3) is 0 Å². The summed E-state index contributed by atoms with van der Waals surface area (Å²) in [6, 6.07) is 7.52. The predicted octanol–water partition coefficient (Wildman–Crippen LogP) is 2.07. The minimum Gasteiger partial charge on any atom is -0.545 e. The van der Waals surface area contributed by atoms with Crippen LogP contribution in [0.5, 0.6) is 5.75 Å². The summed E-state index contributed by atoms with van der Waals surface area (Å²) in [6.45, 7) is -0.0739. The maximum absolute atomic E-state index is 12.6. The quantitative estimate of drug-likeness (QED) is 0.840. The van der Waals surface area contributed by atoms with Gasteiger partial charge in [0.15, 0.2) is 0 Å². The fourth-order valence-corrected chi connectivity index (χ4v) is 3.59. The number of carboxylic acid groups (broad SMARTS) is 1. The third-order valence-corrected chi connectivity index (χ3v) is 4.98. The number of rotatable bonds is 6. The Morgan fingerprint density at radius 2 is 1.84 bits per heavy atom. The molecule has 6 nitrogen and oxygen atoms in total. The number of sulfonamides is 1. The second-order valence-corrected chi connectivity index (χ2v) is 6.83. The Morgan fingerprint density at radius 3 is 2.44 bits per heavy atom. The molecule has 0 spiro atoms. The van der Waals surface area contributed by atoms with Crippen molar-refractivity contribution in [3.05, 3.63) is 53.1 Å². The van der Waals surface area contributed by atoms with Crippen molar-refractivity contribution >= 4 is 21.7 Å². The molecular formula is C16H14F2NO5S-. The number of aryl methyl sites for hydroxylation is 1. The van der Waals surface area contributed by atoms with Gasteiger partial charge in [0.2, 0.25) is 0 Å². The van der Waals surface area contributed by atoms with Gasteiger partial charge in [-0.05, 0) is 54.8 Å². The van der Waals surface area contributed by atoms with Crippen molar-refractivity contribution in [2.75, 3.05) is 4.72 Å². The van der Waals surface area contributed by atoms with Crippen LogP contribution in [-0.2, 0) is 10.0 Å². The summed E-state index contributed by atoms with van der Waals surface area (Å²) in [5.74, 6) is -1.88. The summed E-state index contributed by atoms with van der Waals surface area (Å²) < 4.78 is 56.5. The van der Waals surface area contributed by atoms with Crippen LogP contribution in [0.1, 0.15) is 21.5 Å². The van der Waals surface area contributed by atoms with Crippen molar-refractivity contribution in [3.8, 4) is 5.75 Å². The minimum absolute atomic E-state index is 0.196. The van der Waals surface area contributed by atoms with Crippen LogP contribution in [0.3, 0.4) is 0 Å². The first-order chi connectivity index (χ1) is 11.6. The molecule has 0 amide bonds. The molecule has 0 saturated carbocycles. The largest absolute Gasteiger partial charge is 0.545 e. The molecule has 9 heteroatoms. The van der Waals surface area contributed by atoms with Crippen molar-refractivity contribution in [2.24, 2.45) is 0 Å². The lowest BCUT2D eigenvalue weighted by molar-refractivity contribution is -0.255. The molecule has 0 aromatic heterocycles. The summed E-state index contributed by atoms with van der Waals surface area (Å²) in [5, 5.41) is 11.0. The fraction of sp³-hybridized carbons (Fsp3) is 0.188. The van der Waals surface area contributed by atoms with E-state index in [2.05, 4.69) is 9.46 Å². The van der Waals surface area contributed by atoms with Gasteiger partial charge in [0, 0.05) is 0 Å². The minimum atomic E-state index is -4.25. The number of hydrogen-bond acceptors (Lipinski definition) is 5. The number of anilines is 1. The molecule has 2 rings (SSSR count). The highest BCUT2D eigenvalue weighted by atomic mass is 32.2. The van der Waals surface area contributed by atoms with E-state index in [4.69, 9.17) is 0 Å². The molecule has 0 saturated heterocycles. The number of hydrogen-bond donors (Lipinski definition) is 1. The summed E-state index contributed by atoms with van der Waals surface area (Å²) in [5.41, 5.74) is 0.253. The number of para-hydroxylation sites is 2. The molecule has 0 aliphatic heterocycles. The van der Waals surface area contributed by atoms with Crippen LogP contribution >= 0.6 is 0 Å². The van der Waals surface area contributed by atoms with E-state index in [0.29, 0.717) is 11.1 Å². The van der Waals surface area contributed by atoms with Crippen LogP contribution in [-0.4, -0.2) is 21.0 Å². The molecule has 0 aliphatic carbocycles. The molecule has 134 valence electrons. The normalized spacial score (nSPS) is 11.4. The Hall–Kier alpha value is -2.68. The van der Waals surface area contributed by atoms with E-state index in [-0.39, 0.29) is 21.9 Å². The molecule has 25 heavy (non-hydrogen) atoms. The molecule has 0 heterocycles. The highest BCUT2D eigenvalue weighted by molar-refractivity contribution is 7.92. The molecule has 2 aromatic carbocycles. The van der Waals surface area contributed by atoms with Crippen molar-refractivity contribution in [1.29, 1.82) is 0 Å². The number of alkyl halides is 2. The third kappa shape index (κ3) is 4.24. The molecule has 0 fully saturated rings. The van der Waals surface area contributed by atoms with Gasteiger partial charge in [-0.25, -0.2) is 8.42 Å². The second-order valence-electron chi connectivity index (χ2n) is 5.18. The smallest absolute Gasteiger partial charge is 0.387 e. The zero-order valence-electron chi connectivity index (χ0n) is 13.2. The number of benzene rings is 2. The van der Waals surface area contributed by atoms with Crippen LogP contribution in [0, 0.1) is 13.8 Å². The highest BCUT2D eigenvalue weighted by Gasteiger charge is 2.21. The molecule has 0 atom stereocenters. The van der Waals surface area contributed by atoms with E-state index in [1.807, 2.05) is 0 Å². The third-order valence-electron chi connectivity index (χ3n) is 3.49. The van der Waals surface area contributed by atoms with Gasteiger partial charge in [-0.2, -0.15) is 8.78 Å². The highest BCUT2D eigenvalue weighted by Crippen LogP contribution is 2.29. The Morgan fingerprint density at radius 1 is 1.20 bits per heavy atom. The number of carbonyl (C=O) groups is 1. The Balaban J connectivity index is 2.49. The zero-order chi connectivity index (χ0) is 18.8. The number of aromatic carboxylic acids is 1. The number of ether oxygens (including phenoxy) is 1. The van der Waals surface area contributed by atoms with E-state index in [0.717, 1.165) is 6.07 Å². The lowest BCUT2D eigenvalue weighted by Crippen LogP contribution is -2.24. The Labute approximate surface area is 143 Å². The van der Waals surface area contributed by atoms with Crippen molar-refractivity contribution < 1.29 is 31.8 Å². The summed E-state index contributed by atoms with van der Waals surface area (Å²) in [6.07, 6.45) is 0. The molecular weight excluding hydrogens is 356 g/mol. The zero-order valence-corrected chi connectivity index (χ0v) is 14.1. The van der Waals surface area contributed by atoms with E-state index >= 15 is 0 Å². The van der Waals surface area contributed by atoms with Crippen molar-refractivity contribution in [1.82, 2.24) is 0 Å². The van der Waals surface area contributed by atoms with Gasteiger partial charge < -0.3 is 14.6 Å². The van der Waals surface area contributed by atoms with Crippen LogP contribution < -0.4 is 14.6 Å². The summed E-state index contributed by atoms with van der Waals surface area (Å²) in [7, 11) is -4.25. The Bertz CT molecular complexity index is 913. The van der Waals surface area contributed by atoms with E-state index < -0.39 is 22.6 Å². The maximum atomic E-state index is 12.6. The monoisotopic (exact) mass is 370 g/mol. The fourth-order valence-electron chi connectivity index (χ4n) is 2.17. The van der Waals surface area contributed by atoms with Crippen LogP contribution in [0.15, 0.2) is 41.3 Å². The van der Waals surface area contributed by atoms with Gasteiger partial charge in [0.25, 0.3) is 10.0 Å². The SMILES string of the molecule is Cc1cc(C(=O)[O-])cc(S(=O)(=O)Nc2ccccc2OC(F)F)c1C. The number of halogens is 2. The lowest BCUT2D eigenvalue weighted by Gasteiger charge is -2.16. The van der Waals surface area contributed by atoms with Gasteiger partial charge in [-0.1, -0.05) is 12.1 Å². The Kier molecular flexibility index (Phi) is 5.27. The second kappa shape index (κ2) is 7.06. The molecule has 2 aromatic rings. The lowest BCUT2D eigenvalue weighted by atomic mass is 10.1. The van der Waals surface area contributed by atoms with Crippen LogP contribution in [0.2, 0.25) is 0 Å². The van der Waals surface area contributed by atoms with E-state index in [1.165, 1.54) is 37.3 Å². The van der Waals surface area contributed by atoms with Gasteiger partial charge in [0.05, 0.1) is 16.6 Å². The topological polar surface area (TPSA) is 95.5 Å². The number of carbonyl (C=O) groups excluding carboxylic acids is 1.